The Labute approximate surface area is 120 Å². The highest BCUT2D eigenvalue weighted by molar-refractivity contribution is 7.16. The van der Waals surface area contributed by atoms with Crippen molar-refractivity contribution in [3.05, 3.63) is 10.6 Å². The van der Waals surface area contributed by atoms with Gasteiger partial charge in [-0.1, -0.05) is 13.8 Å². The number of carbonyl (C=O) groups is 3. The molecule has 0 saturated carbocycles. The summed E-state index contributed by atoms with van der Waals surface area (Å²) in [4.78, 5) is 42.7. The summed E-state index contributed by atoms with van der Waals surface area (Å²) in [6.45, 7) is 3.58. The number of nitrogens with one attached hydrogen (secondary N) is 1. The second-order valence-electron chi connectivity index (χ2n) is 5.41. The zero-order chi connectivity index (χ0) is 14.4. The van der Waals surface area contributed by atoms with Crippen LogP contribution in [0.5, 0.6) is 0 Å². The van der Waals surface area contributed by atoms with Crippen molar-refractivity contribution in [2.24, 2.45) is 11.8 Å². The number of nitrogens with zero attached hydrogens (tertiary/aromatic N) is 2. The van der Waals surface area contributed by atoms with E-state index in [4.69, 9.17) is 0 Å². The summed E-state index contributed by atoms with van der Waals surface area (Å²) in [6, 6.07) is -0.690. The van der Waals surface area contributed by atoms with Crippen LogP contribution < -0.4 is 10.2 Å². The van der Waals surface area contributed by atoms with Gasteiger partial charge in [-0.25, -0.2) is 14.7 Å². The highest BCUT2D eigenvalue weighted by Crippen LogP contribution is 2.34. The molecule has 1 aliphatic heterocycles. The van der Waals surface area contributed by atoms with Crippen molar-refractivity contribution in [2.75, 3.05) is 4.90 Å². The fourth-order valence-corrected chi connectivity index (χ4v) is 3.78. The quantitative estimate of drug-likeness (QED) is 0.838. The molecule has 7 heteroatoms. The number of anilines is 1. The topological polar surface area (TPSA) is 79.4 Å². The first-order valence-electron chi connectivity index (χ1n) is 6.66. The third-order valence-corrected chi connectivity index (χ3v) is 4.79. The number of urea groups is 1. The number of aromatic nitrogens is 1. The van der Waals surface area contributed by atoms with E-state index in [2.05, 4.69) is 10.3 Å². The van der Waals surface area contributed by atoms with Crippen molar-refractivity contribution in [2.45, 2.75) is 33.1 Å². The fourth-order valence-electron chi connectivity index (χ4n) is 2.63. The standard InChI is InChI=1S/C13H15N3O3S/c1-6(2)9-10(17)15-12(19)16(11(9)18)13-14-7-4-3-5-8(7)20-13/h6,9H,3-5H2,1-2H3,(H,15,17,19). The Morgan fingerprint density at radius 1 is 1.30 bits per heavy atom. The van der Waals surface area contributed by atoms with Gasteiger partial charge in [0.15, 0.2) is 0 Å². The Balaban J connectivity index is 1.96. The zero-order valence-electron chi connectivity index (χ0n) is 11.3. The number of carbonyl (C=O) groups excluding carboxylic acids is 3. The maximum Gasteiger partial charge on any atom is 0.337 e. The second-order valence-corrected chi connectivity index (χ2v) is 6.47. The lowest BCUT2D eigenvalue weighted by Gasteiger charge is -2.30. The van der Waals surface area contributed by atoms with Gasteiger partial charge in [0, 0.05) is 4.88 Å². The molecular weight excluding hydrogens is 278 g/mol. The van der Waals surface area contributed by atoms with Gasteiger partial charge in [-0.15, -0.1) is 11.3 Å². The van der Waals surface area contributed by atoms with Crippen LogP contribution in [-0.2, 0) is 22.4 Å². The number of amides is 4. The van der Waals surface area contributed by atoms with Gasteiger partial charge in [0.25, 0.3) is 0 Å². The summed E-state index contributed by atoms with van der Waals surface area (Å²) in [5.74, 6) is -1.98. The minimum atomic E-state index is -0.827. The maximum absolute atomic E-state index is 12.4. The summed E-state index contributed by atoms with van der Waals surface area (Å²) in [7, 11) is 0. The lowest BCUT2D eigenvalue weighted by atomic mass is 9.92. The third kappa shape index (κ3) is 1.93. The minimum Gasteiger partial charge on any atom is -0.277 e. The Bertz CT molecular complexity index is 587. The Morgan fingerprint density at radius 2 is 2.05 bits per heavy atom. The molecule has 2 aliphatic rings. The second kappa shape index (κ2) is 4.66. The molecule has 1 fully saturated rings. The smallest absolute Gasteiger partial charge is 0.277 e. The van der Waals surface area contributed by atoms with Crippen LogP contribution in [-0.4, -0.2) is 22.8 Å². The summed E-state index contributed by atoms with van der Waals surface area (Å²) >= 11 is 1.37. The van der Waals surface area contributed by atoms with E-state index in [1.807, 2.05) is 0 Å². The molecule has 0 aromatic carbocycles. The van der Waals surface area contributed by atoms with Crippen molar-refractivity contribution in [3.63, 3.8) is 0 Å². The molecule has 1 N–H and O–H groups in total. The molecule has 2 heterocycles. The molecule has 0 bridgehead atoms. The van der Waals surface area contributed by atoms with Crippen LogP contribution in [0.1, 0.15) is 30.8 Å². The first-order chi connectivity index (χ1) is 9.49. The van der Waals surface area contributed by atoms with E-state index < -0.39 is 23.8 Å². The molecule has 1 aromatic rings. The van der Waals surface area contributed by atoms with E-state index in [0.29, 0.717) is 5.13 Å². The van der Waals surface area contributed by atoms with E-state index in [1.54, 1.807) is 13.8 Å². The van der Waals surface area contributed by atoms with Crippen LogP contribution in [0.25, 0.3) is 0 Å². The first-order valence-corrected chi connectivity index (χ1v) is 7.48. The van der Waals surface area contributed by atoms with Gasteiger partial charge in [-0.3, -0.25) is 14.9 Å². The third-order valence-electron chi connectivity index (χ3n) is 3.64. The van der Waals surface area contributed by atoms with E-state index in [1.165, 1.54) is 11.3 Å². The number of hydrogen-bond acceptors (Lipinski definition) is 5. The van der Waals surface area contributed by atoms with E-state index in [0.717, 1.165) is 34.7 Å². The Kier molecular flexibility index (Phi) is 3.08. The predicted molar refractivity (Wildman–Crippen MR) is 73.5 cm³/mol. The normalized spacial score (nSPS) is 22.4. The molecule has 6 nitrogen and oxygen atoms in total. The van der Waals surface area contributed by atoms with Gasteiger partial charge in [-0.2, -0.15) is 0 Å². The van der Waals surface area contributed by atoms with Crippen molar-refractivity contribution in [3.8, 4) is 0 Å². The largest absolute Gasteiger partial charge is 0.337 e. The molecule has 1 aromatic heterocycles. The Morgan fingerprint density at radius 3 is 2.70 bits per heavy atom. The number of thiazole rings is 1. The van der Waals surface area contributed by atoms with Crippen LogP contribution in [0.3, 0.4) is 0 Å². The fraction of sp³-hybridized carbons (Fsp3) is 0.538. The number of imide groups is 2. The number of hydrogen-bond donors (Lipinski definition) is 1. The van der Waals surface area contributed by atoms with Crippen molar-refractivity contribution >= 4 is 34.3 Å². The zero-order valence-corrected chi connectivity index (χ0v) is 12.1. The lowest BCUT2D eigenvalue weighted by molar-refractivity contribution is -0.136. The van der Waals surface area contributed by atoms with Gasteiger partial charge in [0.05, 0.1) is 5.69 Å². The SMILES string of the molecule is CC(C)C1C(=O)NC(=O)N(c2nc3c(s2)CCC3)C1=O. The summed E-state index contributed by atoms with van der Waals surface area (Å²) in [6.07, 6.45) is 2.91. The molecule has 1 unspecified atom stereocenters. The molecular formula is C13H15N3O3S. The molecule has 4 amide bonds. The highest BCUT2D eigenvalue weighted by atomic mass is 32.1. The highest BCUT2D eigenvalue weighted by Gasteiger charge is 2.44. The van der Waals surface area contributed by atoms with Gasteiger partial charge in [-0.05, 0) is 25.2 Å². The summed E-state index contributed by atoms with van der Waals surface area (Å²) < 4.78 is 0. The van der Waals surface area contributed by atoms with E-state index in [-0.39, 0.29) is 5.92 Å². The van der Waals surface area contributed by atoms with Crippen molar-refractivity contribution in [1.82, 2.24) is 10.3 Å². The molecule has 0 radical (unpaired) electrons. The molecule has 1 aliphatic carbocycles. The average Bonchev–Trinajstić information content (AvgIpc) is 2.87. The number of barbiturate groups is 1. The number of aryl methyl sites for hydroxylation is 2. The molecule has 1 saturated heterocycles. The number of fused-ring (bicyclic) bond motifs is 1. The average molecular weight is 293 g/mol. The van der Waals surface area contributed by atoms with Gasteiger partial charge >= 0.3 is 6.03 Å². The van der Waals surface area contributed by atoms with E-state index in [9.17, 15) is 14.4 Å². The monoisotopic (exact) mass is 293 g/mol. The predicted octanol–water partition coefficient (Wildman–Crippen LogP) is 1.49. The number of rotatable bonds is 2. The van der Waals surface area contributed by atoms with Crippen LogP contribution >= 0.6 is 11.3 Å². The van der Waals surface area contributed by atoms with Crippen molar-refractivity contribution < 1.29 is 14.4 Å². The first kappa shape index (κ1) is 13.2. The maximum atomic E-state index is 12.4. The Hall–Kier alpha value is -1.76. The van der Waals surface area contributed by atoms with Crippen molar-refractivity contribution in [1.29, 1.82) is 0 Å². The van der Waals surface area contributed by atoms with Gasteiger partial charge in [0.2, 0.25) is 16.9 Å². The molecule has 0 spiro atoms. The summed E-state index contributed by atoms with van der Waals surface area (Å²) in [5, 5.41) is 2.63. The van der Waals surface area contributed by atoms with Crippen LogP contribution in [0.15, 0.2) is 0 Å². The lowest BCUT2D eigenvalue weighted by Crippen LogP contribution is -2.59. The van der Waals surface area contributed by atoms with Gasteiger partial charge in [0.1, 0.15) is 5.92 Å². The van der Waals surface area contributed by atoms with Crippen LogP contribution in [0.4, 0.5) is 9.93 Å². The molecule has 106 valence electrons. The molecule has 20 heavy (non-hydrogen) atoms. The minimum absolute atomic E-state index is 0.162. The van der Waals surface area contributed by atoms with E-state index >= 15 is 0 Å². The van der Waals surface area contributed by atoms with Crippen LogP contribution in [0.2, 0.25) is 0 Å². The van der Waals surface area contributed by atoms with Crippen LogP contribution in [0, 0.1) is 11.8 Å². The molecule has 1 atom stereocenters. The summed E-state index contributed by atoms with van der Waals surface area (Å²) in [5.41, 5.74) is 0.976. The van der Waals surface area contributed by atoms with Gasteiger partial charge < -0.3 is 0 Å². The molecule has 3 rings (SSSR count).